The van der Waals surface area contributed by atoms with E-state index in [9.17, 15) is 4.79 Å². The average molecular weight is 464 g/mol. The highest BCUT2D eigenvalue weighted by atomic mass is 35.5. The van der Waals surface area contributed by atoms with Gasteiger partial charge >= 0.3 is 0 Å². The fourth-order valence-electron chi connectivity index (χ4n) is 2.74. The first-order chi connectivity index (χ1) is 13.9. The number of furan rings is 1. The Morgan fingerprint density at radius 3 is 2.83 bits per heavy atom. The van der Waals surface area contributed by atoms with E-state index in [1.165, 1.54) is 23.1 Å². The fraction of sp³-hybridized carbons (Fsp3) is 0.150. The van der Waals surface area contributed by atoms with Gasteiger partial charge in [0.05, 0.1) is 15.6 Å². The summed E-state index contributed by atoms with van der Waals surface area (Å²) in [5.41, 5.74) is 1.61. The molecule has 1 aromatic carbocycles. The van der Waals surface area contributed by atoms with Crippen LogP contribution in [0.1, 0.15) is 18.4 Å². The van der Waals surface area contributed by atoms with Crippen molar-refractivity contribution in [2.75, 3.05) is 6.54 Å². The van der Waals surface area contributed by atoms with Crippen molar-refractivity contribution < 1.29 is 9.21 Å². The molecule has 0 atom stereocenters. The number of carbonyl (C=O) groups excluding carboxylic acids is 1. The van der Waals surface area contributed by atoms with E-state index in [2.05, 4.69) is 9.98 Å². The first kappa shape index (κ1) is 20.2. The predicted octanol–water partition coefficient (Wildman–Crippen LogP) is 6.64. The largest absolute Gasteiger partial charge is 0.457 e. The number of thiazole rings is 1. The van der Waals surface area contributed by atoms with Crippen LogP contribution in [0.4, 0.5) is 5.13 Å². The van der Waals surface area contributed by atoms with E-state index in [4.69, 9.17) is 27.6 Å². The molecule has 0 bridgehead atoms. The third kappa shape index (κ3) is 4.28. The van der Waals surface area contributed by atoms with Crippen molar-refractivity contribution in [3.8, 4) is 11.3 Å². The van der Waals surface area contributed by atoms with Gasteiger partial charge in [0.2, 0.25) is 5.13 Å². The number of hydrogen-bond donors (Lipinski definition) is 0. The van der Waals surface area contributed by atoms with Gasteiger partial charge < -0.3 is 4.42 Å². The van der Waals surface area contributed by atoms with Gasteiger partial charge in [0.1, 0.15) is 11.5 Å². The molecule has 0 aliphatic carbocycles. The smallest absolute Gasteiger partial charge is 0.266 e. The minimum atomic E-state index is -0.108. The summed E-state index contributed by atoms with van der Waals surface area (Å²) >= 11 is 15.1. The lowest BCUT2D eigenvalue weighted by Crippen LogP contribution is -2.28. The van der Waals surface area contributed by atoms with Gasteiger partial charge in [-0.25, -0.2) is 4.98 Å². The number of halogens is 2. The van der Waals surface area contributed by atoms with Crippen LogP contribution in [-0.4, -0.2) is 27.5 Å². The quantitative estimate of drug-likeness (QED) is 0.406. The van der Waals surface area contributed by atoms with Gasteiger partial charge in [0.15, 0.2) is 5.17 Å². The Labute approximate surface area is 186 Å². The summed E-state index contributed by atoms with van der Waals surface area (Å²) in [6, 6.07) is 8.78. The molecule has 1 fully saturated rings. The molecule has 1 saturated heterocycles. The van der Waals surface area contributed by atoms with Crippen LogP contribution < -0.4 is 0 Å². The second-order valence-electron chi connectivity index (χ2n) is 6.15. The number of aliphatic imine (C=N–C) groups is 1. The number of carbonyl (C=O) groups is 1. The van der Waals surface area contributed by atoms with E-state index in [1.807, 2.05) is 19.2 Å². The van der Waals surface area contributed by atoms with E-state index < -0.39 is 0 Å². The molecule has 0 spiro atoms. The lowest BCUT2D eigenvalue weighted by atomic mass is 10.2. The standard InChI is InChI=1S/C20H15Cl2N3O2S2/c1-3-25-18(26)17(29-20(25)24-19-23-11(2)10-28-19)9-13-5-7-16(27-13)14-8-12(21)4-6-15(14)22/h4-10H,3H2,1-2H3/b17-9+,24-20+. The Morgan fingerprint density at radius 2 is 2.10 bits per heavy atom. The lowest BCUT2D eigenvalue weighted by molar-refractivity contribution is -0.122. The van der Waals surface area contributed by atoms with E-state index in [0.29, 0.717) is 48.9 Å². The SMILES string of the molecule is CCN1C(=O)/C(=C\c2ccc(-c3cc(Cl)ccc3Cl)o2)S/C1=N/c1nc(C)cs1. The number of aromatic nitrogens is 1. The Hall–Kier alpha value is -2.06. The first-order valence-electron chi connectivity index (χ1n) is 8.72. The highest BCUT2D eigenvalue weighted by Crippen LogP contribution is 2.36. The highest BCUT2D eigenvalue weighted by molar-refractivity contribution is 8.18. The minimum absolute atomic E-state index is 0.108. The van der Waals surface area contributed by atoms with E-state index >= 15 is 0 Å². The summed E-state index contributed by atoms with van der Waals surface area (Å²) in [7, 11) is 0. The molecule has 1 amide bonds. The second-order valence-corrected chi connectivity index (χ2v) is 8.84. The molecule has 3 aromatic rings. The van der Waals surface area contributed by atoms with Crippen LogP contribution in [0.3, 0.4) is 0 Å². The zero-order chi connectivity index (χ0) is 20.5. The average Bonchev–Trinajstić information content (AvgIpc) is 3.38. The van der Waals surface area contributed by atoms with Crippen LogP contribution >= 0.6 is 46.3 Å². The second kappa shape index (κ2) is 8.36. The van der Waals surface area contributed by atoms with Crippen molar-refractivity contribution in [2.45, 2.75) is 13.8 Å². The number of hydrogen-bond acceptors (Lipinski definition) is 6. The monoisotopic (exact) mass is 463 g/mol. The van der Waals surface area contributed by atoms with Crippen molar-refractivity contribution >= 4 is 68.6 Å². The molecule has 9 heteroatoms. The maximum absolute atomic E-state index is 12.8. The molecule has 1 aliphatic rings. The molecule has 0 N–H and O–H groups in total. The van der Waals surface area contributed by atoms with Crippen molar-refractivity contribution in [3.63, 3.8) is 0 Å². The molecule has 4 rings (SSSR count). The molecule has 5 nitrogen and oxygen atoms in total. The zero-order valence-corrected chi connectivity index (χ0v) is 18.6. The van der Waals surface area contributed by atoms with Crippen LogP contribution in [0.5, 0.6) is 0 Å². The van der Waals surface area contributed by atoms with Crippen LogP contribution in [0.2, 0.25) is 10.0 Å². The van der Waals surface area contributed by atoms with Gasteiger partial charge in [-0.2, -0.15) is 4.99 Å². The number of amides is 1. The summed E-state index contributed by atoms with van der Waals surface area (Å²) < 4.78 is 5.89. The molecular formula is C20H15Cl2N3O2S2. The van der Waals surface area contributed by atoms with E-state index in [0.717, 1.165) is 5.69 Å². The van der Waals surface area contributed by atoms with E-state index in [-0.39, 0.29) is 5.91 Å². The summed E-state index contributed by atoms with van der Waals surface area (Å²) in [6.45, 7) is 4.35. The van der Waals surface area contributed by atoms with Crippen molar-refractivity contribution in [1.82, 2.24) is 9.88 Å². The predicted molar refractivity (Wildman–Crippen MR) is 121 cm³/mol. The number of likely N-dealkylation sites (N-methyl/N-ethyl adjacent to an activating group) is 1. The van der Waals surface area contributed by atoms with Crippen LogP contribution in [0.25, 0.3) is 17.4 Å². The number of amidine groups is 1. The third-order valence-corrected chi connectivity index (χ3v) is 6.52. The minimum Gasteiger partial charge on any atom is -0.457 e. The number of benzene rings is 1. The van der Waals surface area contributed by atoms with Crippen molar-refractivity contribution in [2.24, 2.45) is 4.99 Å². The van der Waals surface area contributed by atoms with Gasteiger partial charge in [-0.05, 0) is 55.9 Å². The Kier molecular flexibility index (Phi) is 5.83. The zero-order valence-electron chi connectivity index (χ0n) is 15.5. The van der Waals surface area contributed by atoms with Gasteiger partial charge in [-0.1, -0.05) is 23.2 Å². The number of thioether (sulfide) groups is 1. The Balaban J connectivity index is 1.63. The maximum atomic E-state index is 12.8. The molecule has 1 aliphatic heterocycles. The van der Waals surface area contributed by atoms with Gasteiger partial charge in [-0.15, -0.1) is 11.3 Å². The first-order valence-corrected chi connectivity index (χ1v) is 11.2. The molecule has 148 valence electrons. The highest BCUT2D eigenvalue weighted by Gasteiger charge is 2.32. The number of aryl methyl sites for hydroxylation is 1. The van der Waals surface area contributed by atoms with Gasteiger partial charge in [-0.3, -0.25) is 9.69 Å². The molecule has 0 saturated carbocycles. The van der Waals surface area contributed by atoms with Gasteiger partial charge in [0, 0.05) is 28.6 Å². The summed E-state index contributed by atoms with van der Waals surface area (Å²) in [4.78, 5) is 23.8. The van der Waals surface area contributed by atoms with Crippen molar-refractivity contribution in [3.05, 3.63) is 62.1 Å². The number of rotatable bonds is 4. The molecule has 3 heterocycles. The van der Waals surface area contributed by atoms with Crippen LogP contribution in [0.15, 0.2) is 50.0 Å². The number of nitrogens with zero attached hydrogens (tertiary/aromatic N) is 3. The third-order valence-electron chi connectivity index (χ3n) is 4.10. The maximum Gasteiger partial charge on any atom is 0.266 e. The lowest BCUT2D eigenvalue weighted by Gasteiger charge is -2.11. The van der Waals surface area contributed by atoms with Gasteiger partial charge in [0.25, 0.3) is 5.91 Å². The topological polar surface area (TPSA) is 58.7 Å². The Morgan fingerprint density at radius 1 is 1.28 bits per heavy atom. The van der Waals surface area contributed by atoms with E-state index in [1.54, 1.807) is 41.3 Å². The van der Waals surface area contributed by atoms with Crippen molar-refractivity contribution in [1.29, 1.82) is 0 Å². The Bertz CT molecular complexity index is 1150. The van der Waals surface area contributed by atoms with Crippen LogP contribution in [0, 0.1) is 6.92 Å². The van der Waals surface area contributed by atoms with Crippen LogP contribution in [-0.2, 0) is 4.79 Å². The summed E-state index contributed by atoms with van der Waals surface area (Å²) in [5.74, 6) is 1.02. The summed E-state index contributed by atoms with van der Waals surface area (Å²) in [6.07, 6.45) is 1.72. The molecule has 0 radical (unpaired) electrons. The molecule has 29 heavy (non-hydrogen) atoms. The molecule has 2 aromatic heterocycles. The summed E-state index contributed by atoms with van der Waals surface area (Å²) in [5, 5.41) is 4.29. The molecular weight excluding hydrogens is 449 g/mol. The molecule has 0 unspecified atom stereocenters. The normalized spacial score (nSPS) is 17.1. The fourth-order valence-corrected chi connectivity index (χ4v) is 4.86.